The second-order valence-electron chi connectivity index (χ2n) is 13.9. The highest BCUT2D eigenvalue weighted by Gasteiger charge is 2.65. The van der Waals surface area contributed by atoms with Crippen LogP contribution in [0.1, 0.15) is 80.6 Å². The third-order valence-electron chi connectivity index (χ3n) is 10.4. The molecule has 5 aliphatic rings. The van der Waals surface area contributed by atoms with Gasteiger partial charge < -0.3 is 13.9 Å². The monoisotopic (exact) mass is 472 g/mol. The van der Waals surface area contributed by atoms with Gasteiger partial charge in [0.1, 0.15) is 6.10 Å². The predicted molar refractivity (Wildman–Crippen MR) is 133 cm³/mol. The van der Waals surface area contributed by atoms with Gasteiger partial charge in [-0.1, -0.05) is 46.3 Å². The van der Waals surface area contributed by atoms with Gasteiger partial charge >= 0.3 is 0 Å². The van der Waals surface area contributed by atoms with Gasteiger partial charge in [0.25, 0.3) is 0 Å². The summed E-state index contributed by atoms with van der Waals surface area (Å²) in [6, 6.07) is 0. The van der Waals surface area contributed by atoms with Crippen LogP contribution in [0.3, 0.4) is 0 Å². The van der Waals surface area contributed by atoms with E-state index in [1.54, 1.807) is 0 Å². The van der Waals surface area contributed by atoms with E-state index < -0.39 is 14.1 Å². The van der Waals surface area contributed by atoms with E-state index in [1.807, 2.05) is 19.9 Å². The van der Waals surface area contributed by atoms with Crippen LogP contribution < -0.4 is 0 Å². The van der Waals surface area contributed by atoms with E-state index in [0.29, 0.717) is 24.4 Å². The van der Waals surface area contributed by atoms with Crippen molar-refractivity contribution < 1.29 is 18.7 Å². The summed E-state index contributed by atoms with van der Waals surface area (Å²) >= 11 is 0. The molecular formula is C28H44O4Si. The van der Waals surface area contributed by atoms with E-state index in [1.165, 1.54) is 12.0 Å². The van der Waals surface area contributed by atoms with Crippen molar-refractivity contribution in [1.29, 1.82) is 0 Å². The van der Waals surface area contributed by atoms with Gasteiger partial charge in [0.15, 0.2) is 19.9 Å². The third kappa shape index (κ3) is 3.43. The van der Waals surface area contributed by atoms with E-state index in [-0.39, 0.29) is 33.9 Å². The molecule has 0 N–H and O–H groups in total. The molecule has 7 atom stereocenters. The first-order chi connectivity index (χ1) is 15.1. The maximum absolute atomic E-state index is 12.5. The zero-order valence-electron chi connectivity index (χ0n) is 22.2. The molecule has 0 aromatic rings. The van der Waals surface area contributed by atoms with Gasteiger partial charge in [-0.15, -0.1) is 0 Å². The SMILES string of the molecule is CC1(C)O[C@@H]2C3=CC(=O)CC[C@]3(C)C3=CC[C@@]4(C)C(CC[C@@H]4O[Si](C)(C)C(C)(C)C)C3[C@H]2O1. The van der Waals surface area contributed by atoms with Gasteiger partial charge in [-0.05, 0) is 80.6 Å². The van der Waals surface area contributed by atoms with Gasteiger partial charge in [-0.25, -0.2) is 0 Å². The normalized spacial score (nSPS) is 44.4. The summed E-state index contributed by atoms with van der Waals surface area (Å²) in [4.78, 5) is 12.5. The molecule has 2 saturated carbocycles. The van der Waals surface area contributed by atoms with Gasteiger partial charge in [0, 0.05) is 17.8 Å². The topological polar surface area (TPSA) is 44.8 Å². The van der Waals surface area contributed by atoms with E-state index in [4.69, 9.17) is 13.9 Å². The minimum absolute atomic E-state index is 0.0206. The number of carbonyl (C=O) groups excluding carboxylic acids is 1. The molecule has 4 nitrogen and oxygen atoms in total. The Balaban J connectivity index is 1.56. The molecule has 0 spiro atoms. The molecule has 0 aromatic carbocycles. The molecule has 2 unspecified atom stereocenters. The van der Waals surface area contributed by atoms with Crippen molar-refractivity contribution in [3.63, 3.8) is 0 Å². The number of ketones is 1. The molecule has 0 aromatic heterocycles. The first kappa shape index (κ1) is 24.0. The van der Waals surface area contributed by atoms with Gasteiger partial charge in [0.2, 0.25) is 0 Å². The first-order valence-electron chi connectivity index (χ1n) is 13.1. The van der Waals surface area contributed by atoms with E-state index >= 15 is 0 Å². The van der Waals surface area contributed by atoms with Crippen molar-refractivity contribution in [1.82, 2.24) is 0 Å². The maximum atomic E-state index is 12.5. The Labute approximate surface area is 201 Å². The molecule has 33 heavy (non-hydrogen) atoms. The number of allylic oxidation sites excluding steroid dienone is 2. The number of hydrogen-bond acceptors (Lipinski definition) is 4. The lowest BCUT2D eigenvalue weighted by molar-refractivity contribution is -0.150. The Kier molecular flexibility index (Phi) is 5.19. The van der Waals surface area contributed by atoms with Crippen LogP contribution in [-0.2, 0) is 18.7 Å². The molecule has 0 amide bonds. The molecule has 3 fully saturated rings. The Morgan fingerprint density at radius 3 is 2.42 bits per heavy atom. The summed E-state index contributed by atoms with van der Waals surface area (Å²) in [5.41, 5.74) is 2.70. The highest BCUT2D eigenvalue weighted by molar-refractivity contribution is 6.74. The lowest BCUT2D eigenvalue weighted by Crippen LogP contribution is -2.56. The first-order valence-corrected chi connectivity index (χ1v) is 16.0. The van der Waals surface area contributed by atoms with Crippen LogP contribution in [0, 0.1) is 22.7 Å². The quantitative estimate of drug-likeness (QED) is 0.337. The molecule has 5 heteroatoms. The summed E-state index contributed by atoms with van der Waals surface area (Å²) < 4.78 is 20.3. The summed E-state index contributed by atoms with van der Waals surface area (Å²) in [5, 5.41) is 0.210. The average Bonchev–Trinajstić information content (AvgIpc) is 3.18. The average molecular weight is 473 g/mol. The predicted octanol–water partition coefficient (Wildman–Crippen LogP) is 6.57. The van der Waals surface area contributed by atoms with Gasteiger partial charge in [-0.3, -0.25) is 4.79 Å². The Hall–Kier alpha value is -0.753. The molecule has 1 aliphatic heterocycles. The van der Waals surface area contributed by atoms with E-state index in [2.05, 4.69) is 53.8 Å². The molecule has 1 heterocycles. The van der Waals surface area contributed by atoms with Crippen molar-refractivity contribution in [2.75, 3.05) is 0 Å². The van der Waals surface area contributed by atoms with Crippen LogP contribution in [0.25, 0.3) is 0 Å². The highest BCUT2D eigenvalue weighted by atomic mass is 28.4. The van der Waals surface area contributed by atoms with Crippen LogP contribution >= 0.6 is 0 Å². The molecule has 184 valence electrons. The zero-order chi connectivity index (χ0) is 24.2. The maximum Gasteiger partial charge on any atom is 0.192 e. The lowest BCUT2D eigenvalue weighted by atomic mass is 9.50. The smallest absolute Gasteiger partial charge is 0.192 e. The van der Waals surface area contributed by atoms with Gasteiger partial charge in [0.05, 0.1) is 12.2 Å². The second kappa shape index (κ2) is 7.15. The third-order valence-corrected chi connectivity index (χ3v) is 14.9. The molecular weight excluding hydrogens is 428 g/mol. The zero-order valence-corrected chi connectivity index (χ0v) is 23.2. The minimum Gasteiger partial charge on any atom is -0.413 e. The van der Waals surface area contributed by atoms with Crippen molar-refractivity contribution in [3.8, 4) is 0 Å². The Bertz CT molecular complexity index is 925. The lowest BCUT2D eigenvalue weighted by Gasteiger charge is -2.56. The number of carbonyl (C=O) groups is 1. The molecule has 0 radical (unpaired) electrons. The summed E-state index contributed by atoms with van der Waals surface area (Å²) in [6.07, 6.45) is 9.47. The second-order valence-corrected chi connectivity index (χ2v) is 18.6. The minimum atomic E-state index is -1.86. The summed E-state index contributed by atoms with van der Waals surface area (Å²) in [7, 11) is -1.86. The molecule has 5 rings (SSSR count). The molecule has 1 saturated heterocycles. The standard InChI is InChI=1S/C28H44O4Si/c1-25(2,3)33(8,9)32-21-11-10-18-22-19(13-15-28(18,21)7)27(6)14-12-17(29)16-20(27)23-24(22)31-26(4,5)30-23/h13,16,18,21-24H,10-12,14-15H2,1-9H3/t18?,21-,22?,23+,24+,27+,28-/m0/s1. The van der Waals surface area contributed by atoms with Crippen LogP contribution in [0.4, 0.5) is 0 Å². The number of hydrogen-bond donors (Lipinski definition) is 0. The van der Waals surface area contributed by atoms with Crippen molar-refractivity contribution in [3.05, 3.63) is 23.3 Å². The summed E-state index contributed by atoms with van der Waals surface area (Å²) in [5.74, 6) is 0.460. The van der Waals surface area contributed by atoms with Crippen LogP contribution in [0.2, 0.25) is 18.1 Å². The molecule has 0 bridgehead atoms. The highest BCUT2D eigenvalue weighted by Crippen LogP contribution is 2.66. The fourth-order valence-electron chi connectivity index (χ4n) is 7.43. The van der Waals surface area contributed by atoms with Crippen molar-refractivity contribution in [2.24, 2.45) is 22.7 Å². The van der Waals surface area contributed by atoms with Crippen molar-refractivity contribution in [2.45, 2.75) is 123 Å². The van der Waals surface area contributed by atoms with E-state index in [0.717, 1.165) is 24.8 Å². The van der Waals surface area contributed by atoms with Crippen molar-refractivity contribution >= 4 is 14.1 Å². The fraction of sp³-hybridized carbons (Fsp3) is 0.821. The number of ether oxygens (including phenoxy) is 2. The van der Waals surface area contributed by atoms with Crippen LogP contribution in [0.15, 0.2) is 23.3 Å². The number of fused-ring (bicyclic) bond motifs is 8. The Morgan fingerprint density at radius 2 is 1.76 bits per heavy atom. The van der Waals surface area contributed by atoms with Crippen LogP contribution in [-0.4, -0.2) is 38.2 Å². The fourth-order valence-corrected chi connectivity index (χ4v) is 8.88. The van der Waals surface area contributed by atoms with E-state index in [9.17, 15) is 4.79 Å². The van der Waals surface area contributed by atoms with Gasteiger partial charge in [-0.2, -0.15) is 0 Å². The Morgan fingerprint density at radius 1 is 1.06 bits per heavy atom. The summed E-state index contributed by atoms with van der Waals surface area (Å²) in [6.45, 7) is 20.7. The van der Waals surface area contributed by atoms with Crippen LogP contribution in [0.5, 0.6) is 0 Å². The molecule has 4 aliphatic carbocycles. The largest absolute Gasteiger partial charge is 0.413 e. The number of rotatable bonds is 2.